The van der Waals surface area contributed by atoms with Crippen LogP contribution in [0.5, 0.6) is 11.5 Å². The Morgan fingerprint density at radius 1 is 0.926 bits per heavy atom. The van der Waals surface area contributed by atoms with Crippen LogP contribution in [-0.2, 0) is 10.0 Å². The Balaban J connectivity index is 1.60. The summed E-state index contributed by atoms with van der Waals surface area (Å²) in [5.41, 5.74) is 1.59. The molecule has 0 bridgehead atoms. The smallest absolute Gasteiger partial charge is 0.263 e. The van der Waals surface area contributed by atoms with Crippen LogP contribution in [0.4, 0.5) is 5.13 Å². The molecule has 1 N–H and O–H groups in total. The number of aryl methyl sites for hydroxylation is 1. The fourth-order valence-electron chi connectivity index (χ4n) is 2.59. The zero-order valence-corrected chi connectivity index (χ0v) is 16.0. The predicted octanol–water partition coefficient (Wildman–Crippen LogP) is 5.20. The maximum absolute atomic E-state index is 12.6. The topological polar surface area (TPSA) is 68.3 Å². The molecule has 0 radical (unpaired) electrons. The van der Waals surface area contributed by atoms with Gasteiger partial charge in [-0.05, 0) is 48.9 Å². The number of hydrogen-bond acceptors (Lipinski definition) is 5. The van der Waals surface area contributed by atoms with Gasteiger partial charge in [-0.15, -0.1) is 0 Å². The van der Waals surface area contributed by atoms with Crippen molar-refractivity contribution in [3.63, 3.8) is 0 Å². The molecule has 0 aliphatic carbocycles. The first-order valence-corrected chi connectivity index (χ1v) is 10.5. The Bertz CT molecular complexity index is 1200. The Kier molecular flexibility index (Phi) is 4.55. The van der Waals surface area contributed by atoms with Gasteiger partial charge in [0.2, 0.25) is 0 Å². The van der Waals surface area contributed by atoms with E-state index < -0.39 is 10.0 Å². The van der Waals surface area contributed by atoms with Crippen molar-refractivity contribution < 1.29 is 13.2 Å². The minimum Gasteiger partial charge on any atom is -0.457 e. The molecule has 1 aromatic heterocycles. The van der Waals surface area contributed by atoms with Crippen LogP contribution in [0.3, 0.4) is 0 Å². The van der Waals surface area contributed by atoms with Crippen molar-refractivity contribution in [3.05, 3.63) is 78.4 Å². The van der Waals surface area contributed by atoms with E-state index in [1.54, 1.807) is 18.2 Å². The molecule has 4 rings (SSSR count). The van der Waals surface area contributed by atoms with E-state index in [1.807, 2.05) is 61.5 Å². The van der Waals surface area contributed by atoms with Crippen LogP contribution < -0.4 is 9.46 Å². The lowest BCUT2D eigenvalue weighted by Crippen LogP contribution is -2.12. The van der Waals surface area contributed by atoms with E-state index in [0.717, 1.165) is 16.0 Å². The second-order valence-corrected chi connectivity index (χ2v) is 8.70. The summed E-state index contributed by atoms with van der Waals surface area (Å²) in [4.78, 5) is 4.58. The van der Waals surface area contributed by atoms with Gasteiger partial charge in [-0.1, -0.05) is 41.7 Å². The van der Waals surface area contributed by atoms with Crippen LogP contribution >= 0.6 is 11.3 Å². The van der Waals surface area contributed by atoms with E-state index >= 15 is 0 Å². The van der Waals surface area contributed by atoms with Crippen LogP contribution in [0.1, 0.15) is 5.56 Å². The number of thiazole rings is 1. The zero-order chi connectivity index (χ0) is 18.9. The van der Waals surface area contributed by atoms with Crippen LogP contribution in [0.15, 0.2) is 77.7 Å². The first-order valence-electron chi connectivity index (χ1n) is 8.23. The largest absolute Gasteiger partial charge is 0.457 e. The third-order valence-corrected chi connectivity index (χ3v) is 6.26. The number of nitrogens with zero attached hydrogens (tertiary/aromatic N) is 1. The molecule has 7 heteroatoms. The Hall–Kier alpha value is -2.90. The molecular weight excluding hydrogens is 380 g/mol. The summed E-state index contributed by atoms with van der Waals surface area (Å²) in [5, 5.41) is 0.323. The third kappa shape index (κ3) is 3.94. The van der Waals surface area contributed by atoms with Gasteiger partial charge < -0.3 is 4.74 Å². The van der Waals surface area contributed by atoms with E-state index in [1.165, 1.54) is 11.3 Å². The summed E-state index contributed by atoms with van der Waals surface area (Å²) in [6, 6.07) is 21.7. The van der Waals surface area contributed by atoms with Gasteiger partial charge in [-0.3, -0.25) is 4.72 Å². The van der Waals surface area contributed by atoms with Crippen LogP contribution in [-0.4, -0.2) is 13.4 Å². The van der Waals surface area contributed by atoms with Gasteiger partial charge in [0.05, 0.1) is 15.1 Å². The Morgan fingerprint density at radius 3 is 2.52 bits per heavy atom. The van der Waals surface area contributed by atoms with Crippen LogP contribution in [0.25, 0.3) is 10.2 Å². The van der Waals surface area contributed by atoms with E-state index in [-0.39, 0.29) is 4.90 Å². The lowest BCUT2D eigenvalue weighted by atomic mass is 10.2. The average Bonchev–Trinajstić information content (AvgIpc) is 3.03. The summed E-state index contributed by atoms with van der Waals surface area (Å²) >= 11 is 1.27. The molecule has 1 heterocycles. The van der Waals surface area contributed by atoms with Crippen molar-refractivity contribution in [2.75, 3.05) is 4.72 Å². The van der Waals surface area contributed by atoms with Gasteiger partial charge in [0.15, 0.2) is 5.13 Å². The number of sulfonamides is 1. The number of ether oxygens (including phenoxy) is 1. The Morgan fingerprint density at radius 2 is 1.74 bits per heavy atom. The lowest BCUT2D eigenvalue weighted by Gasteiger charge is -2.05. The first-order chi connectivity index (χ1) is 13.0. The summed E-state index contributed by atoms with van der Waals surface area (Å²) in [5.74, 6) is 1.41. The molecule has 4 aromatic rings. The first kappa shape index (κ1) is 17.5. The van der Waals surface area contributed by atoms with Crippen molar-refractivity contribution in [2.24, 2.45) is 0 Å². The molecule has 0 unspecified atom stereocenters. The molecule has 0 fully saturated rings. The quantitative estimate of drug-likeness (QED) is 0.503. The van der Waals surface area contributed by atoms with Gasteiger partial charge in [-0.25, -0.2) is 13.4 Å². The van der Waals surface area contributed by atoms with Gasteiger partial charge in [0.1, 0.15) is 11.5 Å². The van der Waals surface area contributed by atoms with E-state index in [9.17, 15) is 8.42 Å². The lowest BCUT2D eigenvalue weighted by molar-refractivity contribution is 0.483. The third-order valence-electron chi connectivity index (χ3n) is 3.86. The molecule has 0 saturated heterocycles. The number of anilines is 1. The van der Waals surface area contributed by atoms with Gasteiger partial charge >= 0.3 is 0 Å². The van der Waals surface area contributed by atoms with Crippen molar-refractivity contribution in [1.82, 2.24) is 4.98 Å². The number of para-hydroxylation sites is 1. The molecule has 5 nitrogen and oxygen atoms in total. The summed E-state index contributed by atoms with van der Waals surface area (Å²) in [7, 11) is -3.68. The molecule has 0 saturated carbocycles. The Labute approximate surface area is 161 Å². The van der Waals surface area contributed by atoms with Crippen LogP contribution in [0.2, 0.25) is 0 Å². The highest BCUT2D eigenvalue weighted by Gasteiger charge is 2.17. The highest BCUT2D eigenvalue weighted by Crippen LogP contribution is 2.32. The molecule has 0 aliphatic rings. The van der Waals surface area contributed by atoms with E-state index in [4.69, 9.17) is 4.74 Å². The number of benzene rings is 3. The van der Waals surface area contributed by atoms with E-state index in [0.29, 0.717) is 16.4 Å². The summed E-state index contributed by atoms with van der Waals surface area (Å²) < 4.78 is 34.4. The number of nitrogens with one attached hydrogen (secondary N) is 1. The average molecular weight is 396 g/mol. The van der Waals surface area contributed by atoms with Crippen molar-refractivity contribution in [3.8, 4) is 11.5 Å². The van der Waals surface area contributed by atoms with Gasteiger partial charge in [0.25, 0.3) is 10.0 Å². The maximum atomic E-state index is 12.6. The fourth-order valence-corrected chi connectivity index (χ4v) is 4.83. The van der Waals surface area contributed by atoms with E-state index in [2.05, 4.69) is 9.71 Å². The number of aromatic nitrogens is 1. The minimum absolute atomic E-state index is 0.217. The second-order valence-electron chi connectivity index (χ2n) is 5.99. The van der Waals surface area contributed by atoms with Gasteiger partial charge in [0, 0.05) is 6.07 Å². The summed E-state index contributed by atoms with van der Waals surface area (Å²) in [6.07, 6.45) is 0. The van der Waals surface area contributed by atoms with Crippen molar-refractivity contribution in [2.45, 2.75) is 11.8 Å². The normalized spacial score (nSPS) is 11.4. The highest BCUT2D eigenvalue weighted by atomic mass is 32.2. The minimum atomic E-state index is -3.68. The SMILES string of the molecule is Cc1cccc(S(=O)(=O)Nc2nc3ccc(Oc4ccccc4)cc3s2)c1. The summed E-state index contributed by atoms with van der Waals surface area (Å²) in [6.45, 7) is 1.85. The molecule has 27 heavy (non-hydrogen) atoms. The number of rotatable bonds is 5. The molecule has 0 amide bonds. The number of fused-ring (bicyclic) bond motifs is 1. The molecule has 0 aliphatic heterocycles. The predicted molar refractivity (Wildman–Crippen MR) is 108 cm³/mol. The molecule has 0 spiro atoms. The standard InChI is InChI=1S/C20H16N2O3S2/c1-14-6-5-9-17(12-14)27(23,24)22-20-21-18-11-10-16(13-19(18)26-20)25-15-7-3-2-4-8-15/h2-13H,1H3,(H,21,22). The zero-order valence-electron chi connectivity index (χ0n) is 14.4. The highest BCUT2D eigenvalue weighted by molar-refractivity contribution is 7.93. The second kappa shape index (κ2) is 7.02. The fraction of sp³-hybridized carbons (Fsp3) is 0.0500. The van der Waals surface area contributed by atoms with Crippen molar-refractivity contribution in [1.29, 1.82) is 0 Å². The molecule has 136 valence electrons. The molecular formula is C20H16N2O3S2. The van der Waals surface area contributed by atoms with Crippen LogP contribution in [0, 0.1) is 6.92 Å². The van der Waals surface area contributed by atoms with Gasteiger partial charge in [-0.2, -0.15) is 0 Å². The monoisotopic (exact) mass is 396 g/mol. The maximum Gasteiger partial charge on any atom is 0.263 e. The molecule has 3 aromatic carbocycles. The molecule has 0 atom stereocenters. The number of hydrogen-bond donors (Lipinski definition) is 1. The van der Waals surface area contributed by atoms with Crippen molar-refractivity contribution >= 4 is 36.7 Å².